The van der Waals surface area contributed by atoms with E-state index < -0.39 is 0 Å². The largest absolute Gasteiger partial charge is 0.337 e. The number of aromatic nitrogens is 2. The van der Waals surface area contributed by atoms with Crippen molar-refractivity contribution in [2.45, 2.75) is 40.2 Å². The lowest BCUT2D eigenvalue weighted by atomic mass is 9.91. The number of nitrogens with one attached hydrogen (secondary N) is 1. The summed E-state index contributed by atoms with van der Waals surface area (Å²) < 4.78 is 0. The lowest BCUT2D eigenvalue weighted by Crippen LogP contribution is -2.37. The summed E-state index contributed by atoms with van der Waals surface area (Å²) >= 11 is 1.43. The minimum atomic E-state index is -0.271. The number of hydrogen-bond acceptors (Lipinski definition) is 5. The van der Waals surface area contributed by atoms with E-state index >= 15 is 0 Å². The van der Waals surface area contributed by atoms with Gasteiger partial charge in [-0.15, -0.1) is 0 Å². The number of hydrogen-bond donors (Lipinski definition) is 1. The van der Waals surface area contributed by atoms with Crippen LogP contribution in [0.15, 0.2) is 24.4 Å². The van der Waals surface area contributed by atoms with Crippen LogP contribution in [0, 0.1) is 5.41 Å². The Labute approximate surface area is 151 Å². The molecule has 0 aliphatic carbocycles. The lowest BCUT2D eigenvalue weighted by Gasteiger charge is -2.29. The number of rotatable bonds is 3. The Bertz CT molecular complexity index is 780. The van der Waals surface area contributed by atoms with E-state index in [0.717, 1.165) is 17.0 Å². The van der Waals surface area contributed by atoms with Crippen molar-refractivity contribution in [1.82, 2.24) is 14.9 Å². The molecule has 1 aliphatic heterocycles. The average molecular weight is 358 g/mol. The normalized spacial score (nSPS) is 14.1. The van der Waals surface area contributed by atoms with Gasteiger partial charge in [0.2, 0.25) is 5.91 Å². The van der Waals surface area contributed by atoms with Crippen molar-refractivity contribution in [3.63, 3.8) is 0 Å². The minimum Gasteiger partial charge on any atom is -0.337 e. The Morgan fingerprint density at radius 2 is 2.12 bits per heavy atom. The third-order valence-electron chi connectivity index (χ3n) is 3.88. The number of carbonyl (C=O) groups excluding carboxylic acids is 2. The SMILES string of the molecule is CC(C)(C)CC(=O)N1CCc2nc(NC(=O)c3ccccn3)sc2C1. The molecule has 132 valence electrons. The molecule has 3 rings (SSSR count). The van der Waals surface area contributed by atoms with Crippen LogP contribution in [0.25, 0.3) is 0 Å². The maximum absolute atomic E-state index is 12.4. The van der Waals surface area contributed by atoms with Crippen LogP contribution in [0.1, 0.15) is 48.3 Å². The van der Waals surface area contributed by atoms with E-state index in [1.165, 1.54) is 11.3 Å². The topological polar surface area (TPSA) is 75.2 Å². The molecule has 0 radical (unpaired) electrons. The first-order chi connectivity index (χ1) is 11.8. The van der Waals surface area contributed by atoms with Gasteiger partial charge in [0.05, 0.1) is 12.2 Å². The molecule has 2 aromatic rings. The molecule has 2 amide bonds. The monoisotopic (exact) mass is 358 g/mol. The molecule has 2 aromatic heterocycles. The lowest BCUT2D eigenvalue weighted by molar-refractivity contribution is -0.133. The quantitative estimate of drug-likeness (QED) is 0.915. The van der Waals surface area contributed by atoms with Gasteiger partial charge in [-0.1, -0.05) is 38.2 Å². The Kier molecular flexibility index (Phi) is 4.85. The number of pyridine rings is 1. The molecule has 0 unspecified atom stereocenters. The molecule has 6 nitrogen and oxygen atoms in total. The number of fused-ring (bicyclic) bond motifs is 1. The smallest absolute Gasteiger partial charge is 0.276 e. The summed E-state index contributed by atoms with van der Waals surface area (Å²) in [6.07, 6.45) is 2.84. The second-order valence-electron chi connectivity index (χ2n) is 7.36. The molecule has 0 atom stereocenters. The van der Waals surface area contributed by atoms with Crippen molar-refractivity contribution in [2.24, 2.45) is 5.41 Å². The maximum Gasteiger partial charge on any atom is 0.276 e. The number of carbonyl (C=O) groups is 2. The van der Waals surface area contributed by atoms with Gasteiger partial charge in [-0.2, -0.15) is 0 Å². The second kappa shape index (κ2) is 6.92. The number of thiazole rings is 1. The van der Waals surface area contributed by atoms with Crippen molar-refractivity contribution in [2.75, 3.05) is 11.9 Å². The van der Waals surface area contributed by atoms with Crippen LogP contribution < -0.4 is 5.32 Å². The highest BCUT2D eigenvalue weighted by molar-refractivity contribution is 7.15. The van der Waals surface area contributed by atoms with Gasteiger partial charge in [-0.3, -0.25) is 19.9 Å². The first kappa shape index (κ1) is 17.5. The van der Waals surface area contributed by atoms with Crippen LogP contribution >= 0.6 is 11.3 Å². The van der Waals surface area contributed by atoms with Crippen LogP contribution in [0.4, 0.5) is 5.13 Å². The van der Waals surface area contributed by atoms with E-state index in [1.807, 2.05) is 4.90 Å². The summed E-state index contributed by atoms with van der Waals surface area (Å²) in [6.45, 7) is 7.45. The third kappa shape index (κ3) is 4.42. The molecule has 0 aromatic carbocycles. The molecule has 25 heavy (non-hydrogen) atoms. The highest BCUT2D eigenvalue weighted by atomic mass is 32.1. The molecule has 0 saturated heterocycles. The van der Waals surface area contributed by atoms with E-state index in [0.29, 0.717) is 30.3 Å². The van der Waals surface area contributed by atoms with Gasteiger partial charge in [0.1, 0.15) is 5.69 Å². The average Bonchev–Trinajstić information content (AvgIpc) is 2.95. The van der Waals surface area contributed by atoms with E-state index in [-0.39, 0.29) is 17.2 Å². The zero-order valence-electron chi connectivity index (χ0n) is 14.7. The van der Waals surface area contributed by atoms with Gasteiger partial charge in [0.25, 0.3) is 5.91 Å². The van der Waals surface area contributed by atoms with Crippen LogP contribution in [-0.2, 0) is 17.8 Å². The molecule has 3 heterocycles. The number of nitrogens with zero attached hydrogens (tertiary/aromatic N) is 3. The zero-order valence-corrected chi connectivity index (χ0v) is 15.5. The van der Waals surface area contributed by atoms with Crippen LogP contribution in [0.5, 0.6) is 0 Å². The fourth-order valence-corrected chi connectivity index (χ4v) is 3.70. The molecule has 0 spiro atoms. The summed E-state index contributed by atoms with van der Waals surface area (Å²) in [6, 6.07) is 5.20. The predicted octanol–water partition coefficient (Wildman–Crippen LogP) is 3.11. The second-order valence-corrected chi connectivity index (χ2v) is 8.44. The number of anilines is 1. The van der Waals surface area contributed by atoms with Crippen molar-refractivity contribution in [1.29, 1.82) is 0 Å². The third-order valence-corrected chi connectivity index (χ3v) is 4.88. The maximum atomic E-state index is 12.4. The fourth-order valence-electron chi connectivity index (χ4n) is 2.69. The van der Waals surface area contributed by atoms with E-state index in [2.05, 4.69) is 36.1 Å². The van der Waals surface area contributed by atoms with Crippen molar-refractivity contribution >= 4 is 28.3 Å². The minimum absolute atomic E-state index is 0.0210. The van der Waals surface area contributed by atoms with Crippen molar-refractivity contribution < 1.29 is 9.59 Å². The highest BCUT2D eigenvalue weighted by Crippen LogP contribution is 2.30. The van der Waals surface area contributed by atoms with Crippen LogP contribution in [-0.4, -0.2) is 33.2 Å². The first-order valence-electron chi connectivity index (χ1n) is 8.30. The van der Waals surface area contributed by atoms with Gasteiger partial charge in [-0.25, -0.2) is 4.98 Å². The summed E-state index contributed by atoms with van der Waals surface area (Å²) in [5, 5.41) is 3.36. The van der Waals surface area contributed by atoms with E-state index in [1.54, 1.807) is 24.4 Å². The molecule has 0 fully saturated rings. The van der Waals surface area contributed by atoms with Crippen molar-refractivity contribution in [3.05, 3.63) is 40.7 Å². The predicted molar refractivity (Wildman–Crippen MR) is 97.5 cm³/mol. The molecule has 7 heteroatoms. The Morgan fingerprint density at radius 1 is 1.32 bits per heavy atom. The summed E-state index contributed by atoms with van der Waals surface area (Å²) in [5.41, 5.74) is 1.31. The molecule has 0 saturated carbocycles. The Balaban J connectivity index is 1.67. The fraction of sp³-hybridized carbons (Fsp3) is 0.444. The first-order valence-corrected chi connectivity index (χ1v) is 9.12. The molecule has 1 aliphatic rings. The number of amides is 2. The summed E-state index contributed by atoms with van der Waals surface area (Å²) in [7, 11) is 0. The van der Waals surface area contributed by atoms with Gasteiger partial charge >= 0.3 is 0 Å². The van der Waals surface area contributed by atoms with Gasteiger partial charge < -0.3 is 4.90 Å². The van der Waals surface area contributed by atoms with Gasteiger partial charge in [-0.05, 0) is 17.5 Å². The Hall–Kier alpha value is -2.28. The summed E-state index contributed by atoms with van der Waals surface area (Å²) in [4.78, 5) is 36.1. The van der Waals surface area contributed by atoms with Gasteiger partial charge in [0.15, 0.2) is 5.13 Å². The van der Waals surface area contributed by atoms with Crippen LogP contribution in [0.2, 0.25) is 0 Å². The van der Waals surface area contributed by atoms with Gasteiger partial charge in [0, 0.05) is 30.5 Å². The molecular formula is C18H22N4O2S. The molecular weight excluding hydrogens is 336 g/mol. The van der Waals surface area contributed by atoms with E-state index in [9.17, 15) is 9.59 Å². The van der Waals surface area contributed by atoms with Crippen molar-refractivity contribution in [3.8, 4) is 0 Å². The van der Waals surface area contributed by atoms with Crippen LogP contribution in [0.3, 0.4) is 0 Å². The Morgan fingerprint density at radius 3 is 2.80 bits per heavy atom. The van der Waals surface area contributed by atoms with E-state index in [4.69, 9.17) is 0 Å². The molecule has 0 bridgehead atoms. The zero-order chi connectivity index (χ0) is 18.0. The summed E-state index contributed by atoms with van der Waals surface area (Å²) in [5.74, 6) is -0.0991. The molecule has 1 N–H and O–H groups in total. The highest BCUT2D eigenvalue weighted by Gasteiger charge is 2.27. The standard InChI is InChI=1S/C18H22N4O2S/c1-18(2,3)10-15(23)22-9-7-12-14(11-22)25-17(20-12)21-16(24)13-6-4-5-8-19-13/h4-6,8H,7,9-11H2,1-3H3,(H,20,21,24).